The van der Waals surface area contributed by atoms with Gasteiger partial charge in [-0.05, 0) is 49.9 Å². The number of hydrogen-bond donors (Lipinski definition) is 2. The van der Waals surface area contributed by atoms with Crippen LogP contribution in [-0.4, -0.2) is 11.7 Å². The van der Waals surface area contributed by atoms with Gasteiger partial charge in [0.15, 0.2) is 0 Å². The van der Waals surface area contributed by atoms with E-state index in [0.29, 0.717) is 0 Å². The van der Waals surface area contributed by atoms with E-state index in [1.807, 2.05) is 0 Å². The van der Waals surface area contributed by atoms with Gasteiger partial charge in [0.25, 0.3) is 0 Å². The summed E-state index contributed by atoms with van der Waals surface area (Å²) in [5.74, 6) is 0. The molecule has 1 aliphatic carbocycles. The predicted molar refractivity (Wildman–Crippen MR) is 58.5 cm³/mol. The van der Waals surface area contributed by atoms with Gasteiger partial charge in [-0.25, -0.2) is 0 Å². The first kappa shape index (κ1) is 9.53. The molecule has 1 fully saturated rings. The molecule has 0 saturated heterocycles. The topological polar surface area (TPSA) is 32.3 Å². The van der Waals surface area contributed by atoms with Gasteiger partial charge in [-0.1, -0.05) is 6.07 Å². The first-order chi connectivity index (χ1) is 6.64. The Hall–Kier alpha value is -1.02. The fourth-order valence-corrected chi connectivity index (χ4v) is 1.77. The van der Waals surface area contributed by atoms with Crippen molar-refractivity contribution < 1.29 is 5.11 Å². The summed E-state index contributed by atoms with van der Waals surface area (Å²) < 4.78 is 0. The molecule has 2 N–H and O–H groups in total. The average molecular weight is 191 g/mol. The summed E-state index contributed by atoms with van der Waals surface area (Å²) in [6, 6.07) is 6.25. The van der Waals surface area contributed by atoms with Crippen molar-refractivity contribution in [3.8, 4) is 0 Å². The molecule has 1 saturated carbocycles. The first-order valence-electron chi connectivity index (χ1n) is 5.22. The summed E-state index contributed by atoms with van der Waals surface area (Å²) in [4.78, 5) is 0. The minimum Gasteiger partial charge on any atom is -0.385 e. The normalized spacial score (nSPS) is 17.9. The Bertz CT molecular complexity index is 342. The minimum atomic E-state index is -0.518. The highest BCUT2D eigenvalue weighted by Crippen LogP contribution is 2.46. The number of nitrogens with one attached hydrogen (secondary N) is 1. The Morgan fingerprint density at radius 2 is 2.07 bits per heavy atom. The molecule has 0 spiro atoms. The van der Waals surface area contributed by atoms with Gasteiger partial charge in [0.1, 0.15) is 0 Å². The van der Waals surface area contributed by atoms with Crippen LogP contribution in [-0.2, 0) is 5.60 Å². The van der Waals surface area contributed by atoms with Crippen LogP contribution in [0.1, 0.15) is 30.9 Å². The lowest BCUT2D eigenvalue weighted by Crippen LogP contribution is -2.06. The lowest BCUT2D eigenvalue weighted by atomic mass is 10.0. The molecule has 0 radical (unpaired) electrons. The summed E-state index contributed by atoms with van der Waals surface area (Å²) >= 11 is 0. The summed E-state index contributed by atoms with van der Waals surface area (Å²) in [6.07, 6.45) is 1.81. The number of anilines is 1. The Balaban J connectivity index is 2.32. The molecule has 2 nitrogen and oxygen atoms in total. The van der Waals surface area contributed by atoms with E-state index in [4.69, 9.17) is 0 Å². The van der Waals surface area contributed by atoms with Gasteiger partial charge >= 0.3 is 0 Å². The number of aryl methyl sites for hydroxylation is 1. The Labute approximate surface area is 85.0 Å². The van der Waals surface area contributed by atoms with Crippen molar-refractivity contribution in [2.24, 2.45) is 0 Å². The van der Waals surface area contributed by atoms with Crippen molar-refractivity contribution in [3.63, 3.8) is 0 Å². The van der Waals surface area contributed by atoms with Gasteiger partial charge in [0.2, 0.25) is 0 Å². The lowest BCUT2D eigenvalue weighted by Gasteiger charge is -2.12. The number of rotatable bonds is 3. The molecule has 0 atom stereocenters. The molecule has 2 heteroatoms. The molecule has 1 aromatic carbocycles. The van der Waals surface area contributed by atoms with E-state index in [1.165, 1.54) is 5.56 Å². The van der Waals surface area contributed by atoms with Gasteiger partial charge in [-0.3, -0.25) is 0 Å². The Morgan fingerprint density at radius 3 is 2.64 bits per heavy atom. The summed E-state index contributed by atoms with van der Waals surface area (Å²) in [7, 11) is 0. The molecule has 0 unspecified atom stereocenters. The molecule has 14 heavy (non-hydrogen) atoms. The van der Waals surface area contributed by atoms with Gasteiger partial charge in [0, 0.05) is 12.2 Å². The first-order valence-corrected chi connectivity index (χ1v) is 5.22. The molecule has 1 aliphatic rings. The van der Waals surface area contributed by atoms with Crippen LogP contribution in [0, 0.1) is 6.92 Å². The highest BCUT2D eigenvalue weighted by atomic mass is 16.3. The maximum absolute atomic E-state index is 9.99. The largest absolute Gasteiger partial charge is 0.385 e. The van der Waals surface area contributed by atoms with E-state index in [1.54, 1.807) is 0 Å². The van der Waals surface area contributed by atoms with Crippen LogP contribution in [0.4, 0.5) is 5.69 Å². The Morgan fingerprint density at radius 1 is 1.36 bits per heavy atom. The highest BCUT2D eigenvalue weighted by Gasteiger charge is 2.42. The molecule has 1 aromatic rings. The standard InChI is InChI=1S/C12H17NO/c1-3-13-11-7-9(2)6-10(8-11)12(14)4-5-12/h6-8,13-14H,3-5H2,1-2H3. The van der Waals surface area contributed by atoms with Crippen molar-refractivity contribution in [3.05, 3.63) is 29.3 Å². The molecule has 0 aliphatic heterocycles. The lowest BCUT2D eigenvalue weighted by molar-refractivity contribution is 0.151. The minimum absolute atomic E-state index is 0.518. The summed E-state index contributed by atoms with van der Waals surface area (Å²) in [5, 5.41) is 13.3. The fourth-order valence-electron chi connectivity index (χ4n) is 1.77. The van der Waals surface area contributed by atoms with Crippen LogP contribution in [0.25, 0.3) is 0 Å². The third kappa shape index (κ3) is 1.75. The SMILES string of the molecule is CCNc1cc(C)cc(C2(O)CC2)c1. The molecule has 0 aromatic heterocycles. The Kier molecular flexibility index (Phi) is 2.23. The van der Waals surface area contributed by atoms with E-state index in [2.05, 4.69) is 37.4 Å². The predicted octanol–water partition coefficient (Wildman–Crippen LogP) is 2.41. The van der Waals surface area contributed by atoms with Gasteiger partial charge in [-0.2, -0.15) is 0 Å². The smallest absolute Gasteiger partial charge is 0.0899 e. The zero-order chi connectivity index (χ0) is 10.2. The quantitative estimate of drug-likeness (QED) is 0.769. The van der Waals surface area contributed by atoms with Crippen molar-refractivity contribution >= 4 is 5.69 Å². The van der Waals surface area contributed by atoms with Crippen molar-refractivity contribution in [2.75, 3.05) is 11.9 Å². The number of aliphatic hydroxyl groups is 1. The third-order valence-electron chi connectivity index (χ3n) is 2.72. The maximum Gasteiger partial charge on any atom is 0.0899 e. The van der Waals surface area contributed by atoms with E-state index in [-0.39, 0.29) is 0 Å². The van der Waals surface area contributed by atoms with E-state index >= 15 is 0 Å². The average Bonchev–Trinajstić information content (AvgIpc) is 2.85. The van der Waals surface area contributed by atoms with Crippen LogP contribution in [0.15, 0.2) is 18.2 Å². The fraction of sp³-hybridized carbons (Fsp3) is 0.500. The molecule has 0 bridgehead atoms. The molecule has 0 heterocycles. The van der Waals surface area contributed by atoms with Gasteiger partial charge in [0.05, 0.1) is 5.60 Å². The van der Waals surface area contributed by atoms with E-state index < -0.39 is 5.60 Å². The second-order valence-corrected chi connectivity index (χ2v) is 4.15. The van der Waals surface area contributed by atoms with Crippen LogP contribution in [0.5, 0.6) is 0 Å². The van der Waals surface area contributed by atoms with Crippen molar-refractivity contribution in [1.29, 1.82) is 0 Å². The van der Waals surface area contributed by atoms with E-state index in [9.17, 15) is 5.11 Å². The number of benzene rings is 1. The molecule has 2 rings (SSSR count). The second kappa shape index (κ2) is 3.28. The molecular formula is C12H17NO. The van der Waals surface area contributed by atoms with Crippen LogP contribution in [0.3, 0.4) is 0 Å². The highest BCUT2D eigenvalue weighted by molar-refractivity contribution is 5.50. The van der Waals surface area contributed by atoms with Crippen LogP contribution < -0.4 is 5.32 Å². The molecular weight excluding hydrogens is 174 g/mol. The molecule has 0 amide bonds. The van der Waals surface area contributed by atoms with Crippen LogP contribution in [0.2, 0.25) is 0 Å². The number of hydrogen-bond acceptors (Lipinski definition) is 2. The van der Waals surface area contributed by atoms with E-state index in [0.717, 1.165) is 30.6 Å². The van der Waals surface area contributed by atoms with Gasteiger partial charge < -0.3 is 10.4 Å². The zero-order valence-electron chi connectivity index (χ0n) is 8.80. The zero-order valence-corrected chi connectivity index (χ0v) is 8.80. The third-order valence-corrected chi connectivity index (χ3v) is 2.72. The summed E-state index contributed by atoms with van der Waals surface area (Å²) in [6.45, 7) is 5.06. The van der Waals surface area contributed by atoms with Crippen molar-refractivity contribution in [2.45, 2.75) is 32.3 Å². The monoisotopic (exact) mass is 191 g/mol. The van der Waals surface area contributed by atoms with Crippen LogP contribution >= 0.6 is 0 Å². The summed E-state index contributed by atoms with van der Waals surface area (Å²) in [5.41, 5.74) is 2.87. The second-order valence-electron chi connectivity index (χ2n) is 4.15. The maximum atomic E-state index is 9.99. The van der Waals surface area contributed by atoms with Crippen molar-refractivity contribution in [1.82, 2.24) is 0 Å². The molecule has 76 valence electrons. The van der Waals surface area contributed by atoms with Gasteiger partial charge in [-0.15, -0.1) is 0 Å².